The maximum atomic E-state index is 9.21. The van der Waals surface area contributed by atoms with E-state index in [9.17, 15) is 5.11 Å². The highest BCUT2D eigenvalue weighted by Gasteiger charge is 2.06. The van der Waals surface area contributed by atoms with Crippen molar-refractivity contribution >= 4 is 28.1 Å². The van der Waals surface area contributed by atoms with Crippen LogP contribution in [-0.4, -0.2) is 15.3 Å². The molecule has 4 nitrogen and oxygen atoms in total. The molecular formula is C8H6ClN3OS. The van der Waals surface area contributed by atoms with Crippen molar-refractivity contribution in [3.8, 4) is 16.3 Å². The minimum absolute atomic E-state index is 0.0490. The van der Waals surface area contributed by atoms with Crippen molar-refractivity contribution in [3.63, 3.8) is 0 Å². The van der Waals surface area contributed by atoms with Crippen LogP contribution in [0, 0.1) is 0 Å². The highest BCUT2D eigenvalue weighted by molar-refractivity contribution is 7.18. The van der Waals surface area contributed by atoms with E-state index < -0.39 is 0 Å². The molecule has 0 fully saturated rings. The van der Waals surface area contributed by atoms with E-state index in [1.165, 1.54) is 17.4 Å². The van der Waals surface area contributed by atoms with Gasteiger partial charge in [0.1, 0.15) is 10.8 Å². The Balaban J connectivity index is 2.47. The topological polar surface area (TPSA) is 72.0 Å². The highest BCUT2D eigenvalue weighted by atomic mass is 35.5. The predicted molar refractivity (Wildman–Crippen MR) is 56.4 cm³/mol. The lowest BCUT2D eigenvalue weighted by molar-refractivity contribution is 0.475. The first-order valence-electron chi connectivity index (χ1n) is 3.74. The Bertz CT molecular complexity index is 471. The van der Waals surface area contributed by atoms with Crippen molar-refractivity contribution in [1.29, 1.82) is 0 Å². The van der Waals surface area contributed by atoms with Crippen LogP contribution in [0.25, 0.3) is 10.6 Å². The molecule has 0 aliphatic heterocycles. The Morgan fingerprint density at radius 2 is 2.14 bits per heavy atom. The lowest BCUT2D eigenvalue weighted by Gasteiger charge is -1.98. The SMILES string of the molecule is Nc1nnc(-c2ccc(O)c(Cl)c2)s1. The first-order chi connectivity index (χ1) is 6.66. The van der Waals surface area contributed by atoms with Crippen molar-refractivity contribution in [2.45, 2.75) is 0 Å². The lowest BCUT2D eigenvalue weighted by atomic mass is 10.2. The lowest BCUT2D eigenvalue weighted by Crippen LogP contribution is -1.80. The average molecular weight is 228 g/mol. The van der Waals surface area contributed by atoms with Gasteiger partial charge in [0.15, 0.2) is 0 Å². The molecule has 0 spiro atoms. The number of nitrogens with zero attached hydrogens (tertiary/aromatic N) is 2. The van der Waals surface area contributed by atoms with Crippen LogP contribution in [0.5, 0.6) is 5.75 Å². The molecule has 0 unspecified atom stereocenters. The van der Waals surface area contributed by atoms with Gasteiger partial charge in [-0.05, 0) is 18.2 Å². The quantitative estimate of drug-likeness (QED) is 0.783. The van der Waals surface area contributed by atoms with Gasteiger partial charge >= 0.3 is 0 Å². The smallest absolute Gasteiger partial charge is 0.203 e. The van der Waals surface area contributed by atoms with Crippen molar-refractivity contribution in [2.24, 2.45) is 0 Å². The molecule has 0 aliphatic carbocycles. The Morgan fingerprint density at radius 1 is 1.36 bits per heavy atom. The second-order valence-electron chi connectivity index (χ2n) is 2.61. The molecule has 0 radical (unpaired) electrons. The standard InChI is InChI=1S/C8H6ClN3OS/c9-5-3-4(1-2-6(5)13)7-11-12-8(10)14-7/h1-3,13H,(H2,10,12). The average Bonchev–Trinajstić information content (AvgIpc) is 2.57. The number of rotatable bonds is 1. The molecule has 2 aromatic rings. The zero-order valence-electron chi connectivity index (χ0n) is 6.94. The van der Waals surface area contributed by atoms with Crippen molar-refractivity contribution in [3.05, 3.63) is 23.2 Å². The molecule has 2 rings (SSSR count). The van der Waals surface area contributed by atoms with Gasteiger partial charge in [-0.25, -0.2) is 0 Å². The van der Waals surface area contributed by atoms with Gasteiger partial charge in [-0.2, -0.15) is 0 Å². The summed E-state index contributed by atoms with van der Waals surface area (Å²) in [5, 5.41) is 18.1. The van der Waals surface area contributed by atoms with E-state index in [1.807, 2.05) is 0 Å². The number of aromatic nitrogens is 2. The number of nitrogens with two attached hydrogens (primary N) is 1. The summed E-state index contributed by atoms with van der Waals surface area (Å²) >= 11 is 7.02. The van der Waals surface area contributed by atoms with Crippen molar-refractivity contribution < 1.29 is 5.11 Å². The summed E-state index contributed by atoms with van der Waals surface area (Å²) in [5.41, 5.74) is 6.24. The zero-order chi connectivity index (χ0) is 10.1. The van der Waals surface area contributed by atoms with E-state index in [0.717, 1.165) is 5.56 Å². The van der Waals surface area contributed by atoms with E-state index in [2.05, 4.69) is 10.2 Å². The fraction of sp³-hybridized carbons (Fsp3) is 0. The number of anilines is 1. The maximum absolute atomic E-state index is 9.21. The van der Waals surface area contributed by atoms with Crippen LogP contribution in [-0.2, 0) is 0 Å². The second-order valence-corrected chi connectivity index (χ2v) is 4.03. The molecule has 3 N–H and O–H groups in total. The van der Waals surface area contributed by atoms with Crippen LogP contribution < -0.4 is 5.73 Å². The predicted octanol–water partition coefficient (Wildman–Crippen LogP) is 2.15. The summed E-state index contributed by atoms with van der Waals surface area (Å²) in [5.74, 6) is 0.0490. The van der Waals surface area contributed by atoms with Gasteiger partial charge in [0.2, 0.25) is 5.13 Å². The van der Waals surface area contributed by atoms with Gasteiger partial charge in [0.05, 0.1) is 5.02 Å². The number of benzene rings is 1. The van der Waals surface area contributed by atoms with E-state index in [4.69, 9.17) is 17.3 Å². The van der Waals surface area contributed by atoms with Gasteiger partial charge in [-0.15, -0.1) is 10.2 Å². The van der Waals surface area contributed by atoms with Gasteiger partial charge in [0, 0.05) is 5.56 Å². The molecule has 0 bridgehead atoms. The first-order valence-corrected chi connectivity index (χ1v) is 4.94. The minimum atomic E-state index is 0.0490. The molecule has 1 aromatic carbocycles. The Kier molecular flexibility index (Phi) is 2.26. The van der Waals surface area contributed by atoms with E-state index in [1.54, 1.807) is 12.1 Å². The van der Waals surface area contributed by atoms with Crippen LogP contribution >= 0.6 is 22.9 Å². The third-order valence-electron chi connectivity index (χ3n) is 1.64. The van der Waals surface area contributed by atoms with Crippen LogP contribution in [0.2, 0.25) is 5.02 Å². The minimum Gasteiger partial charge on any atom is -0.506 e. The van der Waals surface area contributed by atoms with Crippen molar-refractivity contribution in [1.82, 2.24) is 10.2 Å². The van der Waals surface area contributed by atoms with E-state index in [-0.39, 0.29) is 10.8 Å². The number of aromatic hydroxyl groups is 1. The number of phenolic OH excluding ortho intramolecular Hbond substituents is 1. The molecule has 72 valence electrons. The Labute approximate surface area is 89.0 Å². The normalized spacial score (nSPS) is 10.4. The maximum Gasteiger partial charge on any atom is 0.203 e. The molecule has 14 heavy (non-hydrogen) atoms. The third-order valence-corrected chi connectivity index (χ3v) is 2.74. The molecule has 0 aliphatic rings. The van der Waals surface area contributed by atoms with Crippen molar-refractivity contribution in [2.75, 3.05) is 5.73 Å². The second kappa shape index (κ2) is 3.43. The van der Waals surface area contributed by atoms with E-state index in [0.29, 0.717) is 10.1 Å². The molecule has 6 heteroatoms. The monoisotopic (exact) mass is 227 g/mol. The van der Waals surface area contributed by atoms with Crippen LogP contribution in [0.3, 0.4) is 0 Å². The van der Waals surface area contributed by atoms with Gasteiger partial charge < -0.3 is 10.8 Å². The number of nitrogen functional groups attached to an aromatic ring is 1. The molecule has 0 amide bonds. The summed E-state index contributed by atoms with van der Waals surface area (Å²) in [6.45, 7) is 0. The van der Waals surface area contributed by atoms with Crippen LogP contribution in [0.1, 0.15) is 0 Å². The summed E-state index contributed by atoms with van der Waals surface area (Å²) < 4.78 is 0. The molecular weight excluding hydrogens is 222 g/mol. The Morgan fingerprint density at radius 3 is 2.71 bits per heavy atom. The highest BCUT2D eigenvalue weighted by Crippen LogP contribution is 2.31. The largest absolute Gasteiger partial charge is 0.506 e. The summed E-state index contributed by atoms with van der Waals surface area (Å²) in [4.78, 5) is 0. The fourth-order valence-electron chi connectivity index (χ4n) is 0.991. The third kappa shape index (κ3) is 1.64. The first kappa shape index (κ1) is 9.23. The number of hydrogen-bond acceptors (Lipinski definition) is 5. The fourth-order valence-corrected chi connectivity index (χ4v) is 1.78. The molecule has 1 aromatic heterocycles. The van der Waals surface area contributed by atoms with Crippen LogP contribution in [0.15, 0.2) is 18.2 Å². The van der Waals surface area contributed by atoms with Gasteiger partial charge in [-0.1, -0.05) is 22.9 Å². The number of phenols is 1. The van der Waals surface area contributed by atoms with Gasteiger partial charge in [0.25, 0.3) is 0 Å². The molecule has 0 saturated carbocycles. The molecule has 1 heterocycles. The van der Waals surface area contributed by atoms with Crippen LogP contribution in [0.4, 0.5) is 5.13 Å². The summed E-state index contributed by atoms with van der Waals surface area (Å²) in [7, 11) is 0. The summed E-state index contributed by atoms with van der Waals surface area (Å²) in [6, 6.07) is 4.84. The van der Waals surface area contributed by atoms with Gasteiger partial charge in [-0.3, -0.25) is 0 Å². The number of halogens is 1. The molecule has 0 atom stereocenters. The zero-order valence-corrected chi connectivity index (χ0v) is 8.51. The number of hydrogen-bond donors (Lipinski definition) is 2. The Hall–Kier alpha value is -1.33. The molecule has 0 saturated heterocycles. The summed E-state index contributed by atoms with van der Waals surface area (Å²) in [6.07, 6.45) is 0. The van der Waals surface area contributed by atoms with E-state index >= 15 is 0 Å².